The summed E-state index contributed by atoms with van der Waals surface area (Å²) in [5, 5.41) is 12.8. The third-order valence-electron chi connectivity index (χ3n) is 4.34. The van der Waals surface area contributed by atoms with Crippen molar-refractivity contribution in [2.24, 2.45) is 0 Å². The van der Waals surface area contributed by atoms with E-state index in [0.717, 1.165) is 11.1 Å². The van der Waals surface area contributed by atoms with Gasteiger partial charge in [-0.1, -0.05) is 60.2 Å². The monoisotopic (exact) mass is 362 g/mol. The van der Waals surface area contributed by atoms with Crippen LogP contribution in [0.2, 0.25) is 0 Å². The average molecular weight is 362 g/mol. The van der Waals surface area contributed by atoms with E-state index < -0.39 is 12.0 Å². The van der Waals surface area contributed by atoms with E-state index >= 15 is 0 Å². The zero-order chi connectivity index (χ0) is 19.2. The highest BCUT2D eigenvalue weighted by Gasteiger charge is 2.14. The molecule has 138 valence electrons. The van der Waals surface area contributed by atoms with E-state index in [1.165, 1.54) is 10.6 Å². The summed E-state index contributed by atoms with van der Waals surface area (Å²) in [4.78, 5) is 25.1. The molecule has 2 N–H and O–H groups in total. The van der Waals surface area contributed by atoms with E-state index in [4.69, 9.17) is 0 Å². The molecule has 2 aromatic carbocycles. The molecule has 0 fully saturated rings. The number of aliphatic hydroxyl groups is 1. The van der Waals surface area contributed by atoms with Crippen LogP contribution in [0, 0.1) is 6.92 Å². The van der Waals surface area contributed by atoms with Crippen LogP contribution >= 0.6 is 0 Å². The lowest BCUT2D eigenvalue weighted by Crippen LogP contribution is -2.35. The number of aliphatic hydroxyl groups excluding tert-OH is 1. The summed E-state index contributed by atoms with van der Waals surface area (Å²) in [6.07, 6.45) is 0.841. The molecule has 3 rings (SSSR count). The normalized spacial score (nSPS) is 11.8. The summed E-state index contributed by atoms with van der Waals surface area (Å²) in [6, 6.07) is 20.1. The van der Waals surface area contributed by atoms with Crippen LogP contribution in [0.5, 0.6) is 0 Å². The molecule has 1 unspecified atom stereocenters. The third kappa shape index (κ3) is 4.71. The Kier molecular flexibility index (Phi) is 5.84. The van der Waals surface area contributed by atoms with Crippen molar-refractivity contribution in [1.29, 1.82) is 0 Å². The van der Waals surface area contributed by atoms with E-state index in [0.29, 0.717) is 12.1 Å². The zero-order valence-corrected chi connectivity index (χ0v) is 15.1. The van der Waals surface area contributed by atoms with Crippen molar-refractivity contribution < 1.29 is 9.90 Å². The molecular weight excluding hydrogens is 340 g/mol. The molecule has 0 aliphatic carbocycles. The van der Waals surface area contributed by atoms with Crippen molar-refractivity contribution >= 4 is 5.91 Å². The van der Waals surface area contributed by atoms with Gasteiger partial charge < -0.3 is 15.0 Å². The Morgan fingerprint density at radius 2 is 1.85 bits per heavy atom. The summed E-state index contributed by atoms with van der Waals surface area (Å²) < 4.78 is 1.51. The quantitative estimate of drug-likeness (QED) is 0.708. The number of aryl methyl sites for hydroxylation is 1. The molecular formula is C22H22N2O3. The first-order chi connectivity index (χ1) is 13.0. The number of hydrogen-bond donors (Lipinski definition) is 2. The first-order valence-corrected chi connectivity index (χ1v) is 8.81. The van der Waals surface area contributed by atoms with Crippen molar-refractivity contribution in [2.75, 3.05) is 6.54 Å². The second-order valence-electron chi connectivity index (χ2n) is 6.48. The first kappa shape index (κ1) is 18.6. The average Bonchev–Trinajstić information content (AvgIpc) is 2.68. The molecule has 5 nitrogen and oxygen atoms in total. The first-order valence-electron chi connectivity index (χ1n) is 8.81. The number of carbonyl (C=O) groups is 1. The lowest BCUT2D eigenvalue weighted by molar-refractivity contribution is 0.0914. The predicted octanol–water partition coefficient (Wildman–Crippen LogP) is 2.67. The van der Waals surface area contributed by atoms with Gasteiger partial charge in [0, 0.05) is 12.7 Å². The molecule has 0 saturated carbocycles. The lowest BCUT2D eigenvalue weighted by Gasteiger charge is -2.13. The van der Waals surface area contributed by atoms with Crippen LogP contribution in [-0.4, -0.2) is 22.1 Å². The van der Waals surface area contributed by atoms with E-state index in [9.17, 15) is 14.7 Å². The number of carbonyl (C=O) groups excluding carboxylic acids is 1. The van der Waals surface area contributed by atoms with Crippen molar-refractivity contribution in [3.05, 3.63) is 106 Å². The molecule has 5 heteroatoms. The highest BCUT2D eigenvalue weighted by atomic mass is 16.3. The van der Waals surface area contributed by atoms with E-state index in [2.05, 4.69) is 5.32 Å². The van der Waals surface area contributed by atoms with E-state index in [1.54, 1.807) is 24.4 Å². The van der Waals surface area contributed by atoms with Gasteiger partial charge in [-0.25, -0.2) is 0 Å². The fourth-order valence-electron chi connectivity index (χ4n) is 2.92. The molecule has 1 atom stereocenters. The fraction of sp³-hybridized carbons (Fsp3) is 0.182. The molecule has 0 aliphatic heterocycles. The molecule has 0 saturated heterocycles. The Bertz CT molecular complexity index is 980. The van der Waals surface area contributed by atoms with Crippen LogP contribution in [-0.2, 0) is 6.54 Å². The van der Waals surface area contributed by atoms with E-state index in [-0.39, 0.29) is 17.7 Å². The summed E-state index contributed by atoms with van der Waals surface area (Å²) in [7, 11) is 0. The maximum atomic E-state index is 12.7. The second-order valence-corrected chi connectivity index (χ2v) is 6.48. The van der Waals surface area contributed by atoms with Crippen LogP contribution < -0.4 is 10.9 Å². The number of pyridine rings is 1. The summed E-state index contributed by atoms with van der Waals surface area (Å²) in [5.41, 5.74) is 2.53. The van der Waals surface area contributed by atoms with Gasteiger partial charge in [0.2, 0.25) is 0 Å². The smallest absolute Gasteiger partial charge is 0.263 e. The topological polar surface area (TPSA) is 71.3 Å². The molecule has 3 aromatic rings. The Morgan fingerprint density at radius 3 is 2.59 bits per heavy atom. The van der Waals surface area contributed by atoms with Gasteiger partial charge in [0.15, 0.2) is 0 Å². The number of amides is 1. The molecule has 1 aromatic heterocycles. The third-order valence-corrected chi connectivity index (χ3v) is 4.34. The van der Waals surface area contributed by atoms with Crippen LogP contribution in [0.4, 0.5) is 0 Å². The Labute approximate surface area is 157 Å². The molecule has 1 amide bonds. The molecule has 0 bridgehead atoms. The molecule has 27 heavy (non-hydrogen) atoms. The number of nitrogens with one attached hydrogen (secondary N) is 1. The van der Waals surface area contributed by atoms with Gasteiger partial charge in [0.25, 0.3) is 11.5 Å². The van der Waals surface area contributed by atoms with Crippen molar-refractivity contribution in [1.82, 2.24) is 9.88 Å². The maximum Gasteiger partial charge on any atom is 0.263 e. The molecule has 1 heterocycles. The lowest BCUT2D eigenvalue weighted by atomic mass is 10.1. The number of hydrogen-bond acceptors (Lipinski definition) is 3. The van der Waals surface area contributed by atoms with Crippen LogP contribution in [0.3, 0.4) is 0 Å². The van der Waals surface area contributed by atoms with Gasteiger partial charge in [-0.05, 0) is 30.2 Å². The molecule has 0 spiro atoms. The Morgan fingerprint density at radius 1 is 1.07 bits per heavy atom. The number of benzene rings is 2. The summed E-state index contributed by atoms with van der Waals surface area (Å²) >= 11 is 0. The minimum absolute atomic E-state index is 0.0368. The van der Waals surface area contributed by atoms with Gasteiger partial charge in [-0.15, -0.1) is 0 Å². The minimum atomic E-state index is -0.826. The second kappa shape index (κ2) is 8.47. The summed E-state index contributed by atoms with van der Waals surface area (Å²) in [5.74, 6) is -0.492. The van der Waals surface area contributed by atoms with Gasteiger partial charge in [-0.2, -0.15) is 0 Å². The molecule has 0 radical (unpaired) electrons. The predicted molar refractivity (Wildman–Crippen MR) is 105 cm³/mol. The fourth-order valence-corrected chi connectivity index (χ4v) is 2.92. The number of nitrogens with zero attached hydrogens (tertiary/aromatic N) is 1. The Hall–Kier alpha value is -3.18. The van der Waals surface area contributed by atoms with Crippen molar-refractivity contribution in [2.45, 2.75) is 19.6 Å². The van der Waals surface area contributed by atoms with Crippen molar-refractivity contribution in [3.63, 3.8) is 0 Å². The number of rotatable bonds is 6. The van der Waals surface area contributed by atoms with Crippen LogP contribution in [0.1, 0.15) is 33.2 Å². The highest BCUT2D eigenvalue weighted by Crippen LogP contribution is 2.11. The minimum Gasteiger partial charge on any atom is -0.387 e. The van der Waals surface area contributed by atoms with Gasteiger partial charge in [-0.3, -0.25) is 9.59 Å². The summed E-state index contributed by atoms with van der Waals surface area (Å²) in [6.45, 7) is 2.43. The molecule has 0 aliphatic rings. The Balaban J connectivity index is 1.71. The van der Waals surface area contributed by atoms with Crippen molar-refractivity contribution in [3.8, 4) is 0 Å². The van der Waals surface area contributed by atoms with Gasteiger partial charge >= 0.3 is 0 Å². The van der Waals surface area contributed by atoms with Crippen LogP contribution in [0.15, 0.2) is 77.7 Å². The standard InChI is InChI=1S/C22H22N2O3/c1-16-7-5-8-17(13-16)15-24-12-6-11-19(22(24)27)21(26)23-14-20(25)18-9-3-2-4-10-18/h2-13,20,25H,14-15H2,1H3,(H,23,26). The SMILES string of the molecule is Cc1cccc(Cn2cccc(C(=O)NCC(O)c3ccccc3)c2=O)c1. The van der Waals surface area contributed by atoms with Gasteiger partial charge in [0.05, 0.1) is 12.6 Å². The van der Waals surface area contributed by atoms with Gasteiger partial charge in [0.1, 0.15) is 5.56 Å². The largest absolute Gasteiger partial charge is 0.387 e. The zero-order valence-electron chi connectivity index (χ0n) is 15.1. The number of aromatic nitrogens is 1. The van der Waals surface area contributed by atoms with Crippen LogP contribution in [0.25, 0.3) is 0 Å². The maximum absolute atomic E-state index is 12.7. The highest BCUT2D eigenvalue weighted by molar-refractivity contribution is 5.93. The van der Waals surface area contributed by atoms with E-state index in [1.807, 2.05) is 49.4 Å².